The maximum absolute atomic E-state index is 14.0. The lowest BCUT2D eigenvalue weighted by atomic mass is 10.0. The molecule has 0 amide bonds. The van der Waals surface area contributed by atoms with Gasteiger partial charge in [0.05, 0.1) is 24.5 Å². The molecule has 0 unspecified atom stereocenters. The molecule has 0 saturated heterocycles. The van der Waals surface area contributed by atoms with Gasteiger partial charge in [-0.15, -0.1) is 0 Å². The highest BCUT2D eigenvalue weighted by Gasteiger charge is 2.32. The van der Waals surface area contributed by atoms with Crippen molar-refractivity contribution in [3.8, 4) is 0 Å². The molecule has 1 aromatic heterocycles. The van der Waals surface area contributed by atoms with Gasteiger partial charge in [-0.25, -0.2) is 13.5 Å². The maximum Gasteiger partial charge on any atom is 0.285 e. The summed E-state index contributed by atoms with van der Waals surface area (Å²) < 4.78 is 18.6. The monoisotopic (exact) mass is 578 g/mol. The molecule has 3 heterocycles. The number of fused-ring (bicyclic) bond motifs is 4. The summed E-state index contributed by atoms with van der Waals surface area (Å²) >= 11 is 6.31. The van der Waals surface area contributed by atoms with E-state index in [1.165, 1.54) is 22.9 Å². The Hall–Kier alpha value is -2.06. The van der Waals surface area contributed by atoms with Crippen LogP contribution in [-0.2, 0) is 13.1 Å². The number of imidazole rings is 1. The molecule has 33 heavy (non-hydrogen) atoms. The molecule has 0 atom stereocenters. The van der Waals surface area contributed by atoms with Crippen molar-refractivity contribution in [3.05, 3.63) is 71.0 Å². The van der Waals surface area contributed by atoms with Crippen LogP contribution in [0.1, 0.15) is 39.4 Å². The van der Waals surface area contributed by atoms with Gasteiger partial charge in [0.2, 0.25) is 0 Å². The molecular weight excluding hydrogens is 550 g/mol. The van der Waals surface area contributed by atoms with Crippen LogP contribution in [-0.4, -0.2) is 17.7 Å². The van der Waals surface area contributed by atoms with Crippen molar-refractivity contribution >= 4 is 39.6 Å². The Bertz CT molecular complexity index is 1260. The number of anilines is 2. The summed E-state index contributed by atoms with van der Waals surface area (Å²) in [5, 5.41) is 0.755. The summed E-state index contributed by atoms with van der Waals surface area (Å²) in [7, 11) is 0. The van der Waals surface area contributed by atoms with Crippen molar-refractivity contribution in [2.75, 3.05) is 22.9 Å². The van der Waals surface area contributed by atoms with E-state index in [0.717, 1.165) is 60.8 Å². The Morgan fingerprint density at radius 3 is 2.45 bits per heavy atom. The number of hydrogen-bond acceptors (Lipinski definition) is 2. The van der Waals surface area contributed by atoms with Crippen molar-refractivity contribution in [2.24, 2.45) is 0 Å². The van der Waals surface area contributed by atoms with E-state index >= 15 is 0 Å². The van der Waals surface area contributed by atoms with Crippen LogP contribution in [0.15, 0.2) is 54.4 Å². The first-order valence-electron chi connectivity index (χ1n) is 11.5. The summed E-state index contributed by atoms with van der Waals surface area (Å²) in [5.41, 5.74) is 5.72. The fraction of sp³-hybridized carbons (Fsp3) is 0.346. The quantitative estimate of drug-likeness (QED) is 0.349. The highest BCUT2D eigenvalue weighted by Crippen LogP contribution is 2.43. The third-order valence-corrected chi connectivity index (χ3v) is 6.83. The van der Waals surface area contributed by atoms with Crippen LogP contribution in [0.4, 0.5) is 15.8 Å². The average molecular weight is 579 g/mol. The molecule has 7 heteroatoms. The first-order chi connectivity index (χ1) is 15.6. The maximum atomic E-state index is 14.0. The zero-order chi connectivity index (χ0) is 22.4. The molecular formula is C26H29ClFIN4. The second-order valence-corrected chi connectivity index (χ2v) is 8.73. The van der Waals surface area contributed by atoms with Gasteiger partial charge in [-0.3, -0.25) is 0 Å². The lowest BCUT2D eigenvalue weighted by Gasteiger charge is -2.23. The van der Waals surface area contributed by atoms with Crippen LogP contribution < -0.4 is 38.3 Å². The minimum Gasteiger partial charge on any atom is -1.00 e. The highest BCUT2D eigenvalue weighted by atomic mass is 127. The van der Waals surface area contributed by atoms with E-state index in [0.29, 0.717) is 0 Å². The summed E-state index contributed by atoms with van der Waals surface area (Å²) in [6, 6.07) is 11.3. The molecule has 0 saturated carbocycles. The Kier molecular flexibility index (Phi) is 7.05. The summed E-state index contributed by atoms with van der Waals surface area (Å²) in [4.78, 5) is 4.66. The van der Waals surface area contributed by atoms with Gasteiger partial charge in [0.15, 0.2) is 11.0 Å². The fourth-order valence-electron chi connectivity index (χ4n) is 5.26. The van der Waals surface area contributed by atoms with E-state index in [2.05, 4.69) is 64.0 Å². The zero-order valence-corrected chi connectivity index (χ0v) is 22.2. The zero-order valence-electron chi connectivity index (χ0n) is 19.3. The van der Waals surface area contributed by atoms with Crippen LogP contribution >= 0.6 is 11.6 Å². The summed E-state index contributed by atoms with van der Waals surface area (Å²) in [6.45, 7) is 10.00. The van der Waals surface area contributed by atoms with E-state index in [1.807, 2.05) is 12.1 Å². The normalized spacial score (nSPS) is 17.6. The standard InChI is InChI=1S/C26H29ClFN4.HI/c1-4-29-21-12-10-19(27)16-23(21)30(5-2)25(29)14-9-18-8-7-15-32-22-13-11-20(28)17-24(22)31(6-3)26(18)32;/h9-14,16-17H,4-8,15H2,1-3H3;1H/q+1;/p-1. The van der Waals surface area contributed by atoms with Crippen molar-refractivity contribution in [3.63, 3.8) is 0 Å². The van der Waals surface area contributed by atoms with Gasteiger partial charge in [-0.2, -0.15) is 0 Å². The molecule has 0 spiro atoms. The van der Waals surface area contributed by atoms with Gasteiger partial charge < -0.3 is 33.8 Å². The number of benzene rings is 2. The van der Waals surface area contributed by atoms with Crippen molar-refractivity contribution in [2.45, 2.75) is 46.7 Å². The Balaban J connectivity index is 0.00000259. The lowest BCUT2D eigenvalue weighted by Crippen LogP contribution is -3.00. The number of aromatic nitrogens is 2. The molecule has 0 radical (unpaired) electrons. The van der Waals surface area contributed by atoms with Crippen LogP contribution in [0.3, 0.4) is 0 Å². The number of halogens is 3. The van der Waals surface area contributed by atoms with Crippen LogP contribution in [0.25, 0.3) is 16.6 Å². The summed E-state index contributed by atoms with van der Waals surface area (Å²) in [5.74, 6) is 2.18. The van der Waals surface area contributed by atoms with E-state index in [9.17, 15) is 4.39 Å². The van der Waals surface area contributed by atoms with Gasteiger partial charge in [0, 0.05) is 29.8 Å². The second-order valence-electron chi connectivity index (χ2n) is 8.29. The Labute approximate surface area is 217 Å². The van der Waals surface area contributed by atoms with E-state index in [4.69, 9.17) is 11.6 Å². The molecule has 0 N–H and O–H groups in total. The fourth-order valence-corrected chi connectivity index (χ4v) is 5.43. The van der Waals surface area contributed by atoms with Crippen LogP contribution in [0.5, 0.6) is 0 Å². The second kappa shape index (κ2) is 9.66. The predicted octanol–water partition coefficient (Wildman–Crippen LogP) is 3.13. The molecule has 3 aromatic rings. The number of hydrogen-bond donors (Lipinski definition) is 0. The van der Waals surface area contributed by atoms with Crippen molar-refractivity contribution in [1.29, 1.82) is 0 Å². The molecule has 0 bridgehead atoms. The molecule has 0 aliphatic carbocycles. The molecule has 2 aromatic carbocycles. The van der Waals surface area contributed by atoms with Crippen LogP contribution in [0, 0.1) is 5.82 Å². The Morgan fingerprint density at radius 1 is 0.970 bits per heavy atom. The van der Waals surface area contributed by atoms with Gasteiger partial charge in [-0.1, -0.05) is 11.6 Å². The molecule has 174 valence electrons. The van der Waals surface area contributed by atoms with E-state index in [1.54, 1.807) is 12.1 Å². The first kappa shape index (κ1) is 24.1. The SMILES string of the molecule is CCN1C(=CC=C2CCC[n+]3c2n(CC)c2cc(F)ccc23)N(CC)c2cc(Cl)ccc21.[I-]. The van der Waals surface area contributed by atoms with Crippen LogP contribution in [0.2, 0.25) is 5.02 Å². The smallest absolute Gasteiger partial charge is 0.285 e. The number of aryl methyl sites for hydroxylation is 2. The van der Waals surface area contributed by atoms with E-state index in [-0.39, 0.29) is 29.8 Å². The Morgan fingerprint density at radius 2 is 1.73 bits per heavy atom. The third kappa shape index (κ3) is 3.95. The minimum absolute atomic E-state index is 0. The largest absolute Gasteiger partial charge is 1.00 e. The molecule has 2 aliphatic rings. The first-order valence-corrected chi connectivity index (χ1v) is 11.9. The highest BCUT2D eigenvalue weighted by molar-refractivity contribution is 6.31. The van der Waals surface area contributed by atoms with Gasteiger partial charge in [0.1, 0.15) is 11.6 Å². The van der Waals surface area contributed by atoms with Crippen molar-refractivity contribution < 1.29 is 32.9 Å². The molecule has 5 rings (SSSR count). The molecule has 0 fully saturated rings. The predicted molar refractivity (Wildman–Crippen MR) is 131 cm³/mol. The minimum atomic E-state index is -0.185. The third-order valence-electron chi connectivity index (χ3n) is 6.60. The van der Waals surface area contributed by atoms with Crippen molar-refractivity contribution in [1.82, 2.24) is 4.57 Å². The average Bonchev–Trinajstić information content (AvgIpc) is 3.28. The van der Waals surface area contributed by atoms with Gasteiger partial charge in [0.25, 0.3) is 5.82 Å². The van der Waals surface area contributed by atoms with Gasteiger partial charge in [-0.05, 0) is 76.1 Å². The van der Waals surface area contributed by atoms with E-state index < -0.39 is 0 Å². The lowest BCUT2D eigenvalue weighted by molar-refractivity contribution is -0.678. The topological polar surface area (TPSA) is 15.3 Å². The number of allylic oxidation sites excluding steroid dienone is 3. The summed E-state index contributed by atoms with van der Waals surface area (Å²) in [6.07, 6.45) is 6.60. The molecule has 2 aliphatic heterocycles. The van der Waals surface area contributed by atoms with Gasteiger partial charge >= 0.3 is 0 Å². The number of rotatable bonds is 4. The number of nitrogens with zero attached hydrogens (tertiary/aromatic N) is 4. The molecule has 4 nitrogen and oxygen atoms in total.